The van der Waals surface area contributed by atoms with Crippen LogP contribution >= 0.6 is 0 Å². The van der Waals surface area contributed by atoms with Crippen LogP contribution in [0.4, 0.5) is 0 Å². The lowest BCUT2D eigenvalue weighted by atomic mass is 10.1. The number of ether oxygens (including phenoxy) is 1. The number of fused-ring (bicyclic) bond motifs is 3. The lowest BCUT2D eigenvalue weighted by Crippen LogP contribution is -1.98. The molecule has 0 radical (unpaired) electrons. The maximum atomic E-state index is 10.4. The highest BCUT2D eigenvalue weighted by atomic mass is 16.5. The highest BCUT2D eigenvalue weighted by molar-refractivity contribution is 5.85. The van der Waals surface area contributed by atoms with E-state index in [0.29, 0.717) is 23.8 Å². The summed E-state index contributed by atoms with van der Waals surface area (Å²) in [6, 6.07) is 23.2. The van der Waals surface area contributed by atoms with Crippen molar-refractivity contribution >= 4 is 28.8 Å². The Morgan fingerprint density at radius 1 is 0.935 bits per heavy atom. The predicted octanol–water partition coefficient (Wildman–Crippen LogP) is 5.22. The minimum Gasteiger partial charge on any atom is -0.504 e. The molecule has 3 aromatic carbocycles. The van der Waals surface area contributed by atoms with Crippen molar-refractivity contribution < 1.29 is 9.84 Å². The van der Waals surface area contributed by atoms with Crippen LogP contribution in [0.1, 0.15) is 18.2 Å². The van der Waals surface area contributed by atoms with E-state index < -0.39 is 0 Å². The number of rotatable bonds is 5. The average Bonchev–Trinajstić information content (AvgIpc) is 3.25. The van der Waals surface area contributed by atoms with Gasteiger partial charge in [-0.15, -0.1) is 10.2 Å². The lowest BCUT2D eigenvalue weighted by molar-refractivity contribution is 0.318. The Bertz CT molecular complexity index is 1410. The third kappa shape index (κ3) is 3.48. The topological polar surface area (TPSA) is 72.5 Å². The molecule has 6 heteroatoms. The van der Waals surface area contributed by atoms with E-state index in [0.717, 1.165) is 27.9 Å². The molecule has 0 aliphatic rings. The van der Waals surface area contributed by atoms with Gasteiger partial charge in [-0.2, -0.15) is 0 Å². The molecule has 31 heavy (non-hydrogen) atoms. The maximum Gasteiger partial charge on any atom is 0.187 e. The number of aromatic hydroxyl groups is 1. The largest absolute Gasteiger partial charge is 0.504 e. The van der Waals surface area contributed by atoms with Crippen LogP contribution in [0.25, 0.3) is 40.2 Å². The van der Waals surface area contributed by atoms with E-state index in [4.69, 9.17) is 9.72 Å². The molecule has 2 aromatic heterocycles. The molecule has 0 spiro atoms. The molecule has 0 bridgehead atoms. The van der Waals surface area contributed by atoms with Gasteiger partial charge in [0.05, 0.1) is 17.6 Å². The summed E-state index contributed by atoms with van der Waals surface area (Å²) < 4.78 is 7.42. The number of nitrogens with zero attached hydrogens (tertiary/aromatic N) is 4. The van der Waals surface area contributed by atoms with Crippen LogP contribution in [0.15, 0.2) is 72.8 Å². The van der Waals surface area contributed by atoms with Crippen molar-refractivity contribution in [3.63, 3.8) is 0 Å². The Balaban J connectivity index is 1.70. The Labute approximate surface area is 179 Å². The standard InChI is InChI=1S/C25H20N4O2/c1-2-31-23-15-13-18(16-22(23)30)24-27-28-25-20(14-12-17-8-4-3-5-9-17)26-19-10-6-7-11-21(19)29(24)25/h3-16,30H,2H2,1H3/b14-12+. The molecule has 1 N–H and O–H groups in total. The molecule has 0 saturated heterocycles. The van der Waals surface area contributed by atoms with Crippen molar-refractivity contribution in [3.05, 3.63) is 84.1 Å². The molecule has 5 aromatic rings. The predicted molar refractivity (Wildman–Crippen MR) is 122 cm³/mol. The minimum absolute atomic E-state index is 0.0682. The first kappa shape index (κ1) is 18.8. The van der Waals surface area contributed by atoms with Crippen LogP contribution < -0.4 is 4.74 Å². The molecular formula is C25H20N4O2. The third-order valence-electron chi connectivity index (χ3n) is 5.01. The van der Waals surface area contributed by atoms with Crippen LogP contribution in [0.2, 0.25) is 0 Å². The van der Waals surface area contributed by atoms with Gasteiger partial charge >= 0.3 is 0 Å². The number of aromatic nitrogens is 4. The quantitative estimate of drug-likeness (QED) is 0.432. The summed E-state index contributed by atoms with van der Waals surface area (Å²) in [5.74, 6) is 1.14. The van der Waals surface area contributed by atoms with Crippen LogP contribution in [-0.2, 0) is 0 Å². The summed E-state index contributed by atoms with van der Waals surface area (Å²) in [6.07, 6.45) is 3.96. The zero-order valence-electron chi connectivity index (χ0n) is 16.9. The van der Waals surface area contributed by atoms with E-state index in [-0.39, 0.29) is 5.75 Å². The molecule has 0 aliphatic carbocycles. The van der Waals surface area contributed by atoms with Crippen LogP contribution in [-0.4, -0.2) is 31.3 Å². The first-order chi connectivity index (χ1) is 15.2. The Kier molecular flexibility index (Phi) is 4.80. The van der Waals surface area contributed by atoms with Gasteiger partial charge in [0.15, 0.2) is 23.0 Å². The minimum atomic E-state index is 0.0682. The van der Waals surface area contributed by atoms with Gasteiger partial charge in [0.2, 0.25) is 0 Å². The van der Waals surface area contributed by atoms with Gasteiger partial charge in [-0.25, -0.2) is 4.98 Å². The van der Waals surface area contributed by atoms with Crippen LogP contribution in [0, 0.1) is 0 Å². The summed E-state index contributed by atoms with van der Waals surface area (Å²) in [4.78, 5) is 4.80. The van der Waals surface area contributed by atoms with Crippen molar-refractivity contribution in [2.24, 2.45) is 0 Å². The van der Waals surface area contributed by atoms with Crippen molar-refractivity contribution in [3.8, 4) is 22.9 Å². The summed E-state index contributed by atoms with van der Waals surface area (Å²) in [5, 5.41) is 19.2. The lowest BCUT2D eigenvalue weighted by Gasteiger charge is -2.09. The molecule has 152 valence electrons. The maximum absolute atomic E-state index is 10.4. The number of hydrogen-bond donors (Lipinski definition) is 1. The van der Waals surface area contributed by atoms with Gasteiger partial charge in [-0.05, 0) is 48.9 Å². The zero-order valence-corrected chi connectivity index (χ0v) is 16.9. The second-order valence-corrected chi connectivity index (χ2v) is 7.03. The molecule has 6 nitrogen and oxygen atoms in total. The molecule has 0 fully saturated rings. The number of para-hydroxylation sites is 2. The molecule has 0 saturated carbocycles. The van der Waals surface area contributed by atoms with E-state index in [2.05, 4.69) is 10.2 Å². The summed E-state index contributed by atoms with van der Waals surface area (Å²) in [6.45, 7) is 2.36. The molecule has 0 amide bonds. The first-order valence-corrected chi connectivity index (χ1v) is 10.1. The Morgan fingerprint density at radius 3 is 2.55 bits per heavy atom. The van der Waals surface area contributed by atoms with Crippen molar-refractivity contribution in [2.45, 2.75) is 6.92 Å². The van der Waals surface area contributed by atoms with Crippen LogP contribution in [0.5, 0.6) is 11.5 Å². The van der Waals surface area contributed by atoms with E-state index in [9.17, 15) is 5.11 Å². The van der Waals surface area contributed by atoms with Crippen molar-refractivity contribution in [1.29, 1.82) is 0 Å². The van der Waals surface area contributed by atoms with Gasteiger partial charge in [-0.1, -0.05) is 48.5 Å². The highest BCUT2D eigenvalue weighted by Gasteiger charge is 2.16. The van der Waals surface area contributed by atoms with Gasteiger partial charge in [0.1, 0.15) is 5.69 Å². The fraction of sp³-hybridized carbons (Fsp3) is 0.0800. The second kappa shape index (κ2) is 7.91. The van der Waals surface area contributed by atoms with Gasteiger partial charge in [0, 0.05) is 5.56 Å². The molecule has 2 heterocycles. The van der Waals surface area contributed by atoms with E-state index in [1.165, 1.54) is 0 Å². The van der Waals surface area contributed by atoms with E-state index in [1.54, 1.807) is 12.1 Å². The fourth-order valence-electron chi connectivity index (χ4n) is 3.58. The normalized spacial score (nSPS) is 11.5. The Morgan fingerprint density at radius 2 is 1.74 bits per heavy atom. The molecule has 5 rings (SSSR count). The van der Waals surface area contributed by atoms with Crippen LogP contribution in [0.3, 0.4) is 0 Å². The van der Waals surface area contributed by atoms with Gasteiger partial charge in [0.25, 0.3) is 0 Å². The zero-order chi connectivity index (χ0) is 21.2. The Hall–Kier alpha value is -4.19. The summed E-state index contributed by atoms with van der Waals surface area (Å²) in [5.41, 5.74) is 4.90. The number of hydrogen-bond acceptors (Lipinski definition) is 5. The van der Waals surface area contributed by atoms with Crippen molar-refractivity contribution in [2.75, 3.05) is 6.61 Å². The van der Waals surface area contributed by atoms with E-state index >= 15 is 0 Å². The number of phenolic OH excluding ortho intramolecular Hbond substituents is 1. The van der Waals surface area contributed by atoms with Crippen molar-refractivity contribution in [1.82, 2.24) is 19.6 Å². The first-order valence-electron chi connectivity index (χ1n) is 10.1. The van der Waals surface area contributed by atoms with Gasteiger partial charge in [-0.3, -0.25) is 4.40 Å². The monoisotopic (exact) mass is 408 g/mol. The number of benzene rings is 3. The fourth-order valence-corrected chi connectivity index (χ4v) is 3.58. The smallest absolute Gasteiger partial charge is 0.187 e. The average molecular weight is 408 g/mol. The molecular weight excluding hydrogens is 388 g/mol. The SMILES string of the molecule is CCOc1ccc(-c2nnc3c(/C=C/c4ccccc4)nc4ccccc4n23)cc1O. The molecule has 0 unspecified atom stereocenters. The van der Waals surface area contributed by atoms with E-state index in [1.807, 2.05) is 84.1 Å². The molecule has 0 atom stereocenters. The van der Waals surface area contributed by atoms with Gasteiger partial charge < -0.3 is 9.84 Å². The highest BCUT2D eigenvalue weighted by Crippen LogP contribution is 2.32. The molecule has 0 aliphatic heterocycles. The summed E-state index contributed by atoms with van der Waals surface area (Å²) >= 11 is 0. The number of phenols is 1. The second-order valence-electron chi connectivity index (χ2n) is 7.03. The third-order valence-corrected chi connectivity index (χ3v) is 5.01. The summed E-state index contributed by atoms with van der Waals surface area (Å²) in [7, 11) is 0.